The Morgan fingerprint density at radius 2 is 2.09 bits per heavy atom. The first-order chi connectivity index (χ1) is 10.4. The minimum Gasteiger partial charge on any atom is -0.357 e. The summed E-state index contributed by atoms with van der Waals surface area (Å²) in [5.74, 6) is 0.0878. The second kappa shape index (κ2) is 5.47. The molecule has 116 valence electrons. The van der Waals surface area contributed by atoms with Crippen LogP contribution < -0.4 is 5.32 Å². The molecule has 1 fully saturated rings. The van der Waals surface area contributed by atoms with Crippen molar-refractivity contribution in [2.45, 2.75) is 31.5 Å². The van der Waals surface area contributed by atoms with Gasteiger partial charge in [0.05, 0.1) is 12.2 Å². The number of halogens is 3. The Hall–Kier alpha value is -2.31. The fraction of sp³-hybridized carbons (Fsp3) is 0.333. The van der Waals surface area contributed by atoms with Gasteiger partial charge >= 0.3 is 6.18 Å². The predicted molar refractivity (Wildman–Crippen MR) is 73.2 cm³/mol. The third-order valence-corrected chi connectivity index (χ3v) is 3.55. The van der Waals surface area contributed by atoms with Gasteiger partial charge in [0.1, 0.15) is 11.4 Å². The molecule has 0 saturated heterocycles. The highest BCUT2D eigenvalue weighted by atomic mass is 19.4. The molecule has 2 aromatic rings. The van der Waals surface area contributed by atoms with Gasteiger partial charge in [0.15, 0.2) is 0 Å². The molecule has 7 heteroatoms. The Bertz CT molecular complexity index is 689. The monoisotopic (exact) mass is 309 g/mol. The molecule has 1 aliphatic rings. The summed E-state index contributed by atoms with van der Waals surface area (Å²) in [6.07, 6.45) is -0.662. The number of carbonyl (C=O) groups excluding carboxylic acids is 1. The van der Waals surface area contributed by atoms with Crippen molar-refractivity contribution in [3.63, 3.8) is 0 Å². The molecular formula is C15H14F3N3O. The summed E-state index contributed by atoms with van der Waals surface area (Å²) < 4.78 is 37.8. The first-order valence-corrected chi connectivity index (χ1v) is 6.94. The van der Waals surface area contributed by atoms with Crippen molar-refractivity contribution in [1.82, 2.24) is 15.3 Å². The summed E-state index contributed by atoms with van der Waals surface area (Å²) in [6.45, 7) is -0.0497. The number of alkyl halides is 3. The molecule has 0 unspecified atom stereocenters. The van der Waals surface area contributed by atoms with E-state index in [0.717, 1.165) is 24.5 Å². The standard InChI is InChI=1S/C15H14F3N3O/c16-15(17,18)12-3-1-2-10(21-12)8-20-14(22)13-11(6-7-19-13)9-4-5-9/h1-3,6-7,9,19H,4-5,8H2,(H,20,22). The highest BCUT2D eigenvalue weighted by Crippen LogP contribution is 2.41. The van der Waals surface area contributed by atoms with Crippen molar-refractivity contribution in [2.24, 2.45) is 0 Å². The van der Waals surface area contributed by atoms with Crippen LogP contribution in [0.3, 0.4) is 0 Å². The summed E-state index contributed by atoms with van der Waals surface area (Å²) >= 11 is 0. The molecule has 1 amide bonds. The zero-order chi connectivity index (χ0) is 15.7. The Balaban J connectivity index is 1.67. The molecule has 1 aliphatic carbocycles. The van der Waals surface area contributed by atoms with Crippen LogP contribution in [0.2, 0.25) is 0 Å². The molecule has 2 aromatic heterocycles. The molecule has 0 spiro atoms. The van der Waals surface area contributed by atoms with Gasteiger partial charge in [-0.25, -0.2) is 4.98 Å². The number of hydrogen-bond donors (Lipinski definition) is 2. The first-order valence-electron chi connectivity index (χ1n) is 6.94. The van der Waals surface area contributed by atoms with Gasteiger partial charge in [-0.1, -0.05) is 6.07 Å². The topological polar surface area (TPSA) is 57.8 Å². The molecule has 0 atom stereocenters. The number of nitrogens with one attached hydrogen (secondary N) is 2. The number of amides is 1. The van der Waals surface area contributed by atoms with Crippen molar-refractivity contribution < 1.29 is 18.0 Å². The molecule has 0 aromatic carbocycles. The predicted octanol–water partition coefficient (Wildman–Crippen LogP) is 3.24. The highest BCUT2D eigenvalue weighted by molar-refractivity contribution is 5.94. The second-order valence-corrected chi connectivity index (χ2v) is 5.28. The molecule has 2 heterocycles. The van der Waals surface area contributed by atoms with Gasteiger partial charge < -0.3 is 10.3 Å². The van der Waals surface area contributed by atoms with E-state index in [0.29, 0.717) is 11.6 Å². The van der Waals surface area contributed by atoms with E-state index in [-0.39, 0.29) is 18.1 Å². The number of pyridine rings is 1. The number of hydrogen-bond acceptors (Lipinski definition) is 2. The minimum atomic E-state index is -4.49. The zero-order valence-corrected chi connectivity index (χ0v) is 11.6. The lowest BCUT2D eigenvalue weighted by Gasteiger charge is -2.09. The van der Waals surface area contributed by atoms with Crippen LogP contribution in [-0.2, 0) is 12.7 Å². The quantitative estimate of drug-likeness (QED) is 0.911. The maximum absolute atomic E-state index is 12.6. The number of carbonyl (C=O) groups is 1. The SMILES string of the molecule is O=C(NCc1cccc(C(F)(F)F)n1)c1[nH]ccc1C1CC1. The fourth-order valence-corrected chi connectivity index (χ4v) is 2.31. The van der Waals surface area contributed by atoms with Crippen LogP contribution in [-0.4, -0.2) is 15.9 Å². The minimum absolute atomic E-state index is 0.0497. The van der Waals surface area contributed by atoms with E-state index in [9.17, 15) is 18.0 Å². The average Bonchev–Trinajstić information content (AvgIpc) is 3.21. The van der Waals surface area contributed by atoms with Crippen LogP contribution in [0.15, 0.2) is 30.5 Å². The van der Waals surface area contributed by atoms with Gasteiger partial charge in [-0.2, -0.15) is 13.2 Å². The van der Waals surface area contributed by atoms with E-state index >= 15 is 0 Å². The van der Waals surface area contributed by atoms with Gasteiger partial charge in [0.25, 0.3) is 5.91 Å². The Morgan fingerprint density at radius 1 is 1.32 bits per heavy atom. The van der Waals surface area contributed by atoms with Crippen LogP contribution in [0.1, 0.15) is 46.2 Å². The van der Waals surface area contributed by atoms with Crippen LogP contribution in [0.25, 0.3) is 0 Å². The molecule has 22 heavy (non-hydrogen) atoms. The lowest BCUT2D eigenvalue weighted by molar-refractivity contribution is -0.141. The number of nitrogens with zero attached hydrogens (tertiary/aromatic N) is 1. The molecule has 4 nitrogen and oxygen atoms in total. The summed E-state index contributed by atoms with van der Waals surface area (Å²) in [7, 11) is 0. The molecular weight excluding hydrogens is 295 g/mol. The van der Waals surface area contributed by atoms with Crippen molar-refractivity contribution >= 4 is 5.91 Å². The number of H-pyrrole nitrogens is 1. The van der Waals surface area contributed by atoms with E-state index in [2.05, 4.69) is 15.3 Å². The Kier molecular flexibility index (Phi) is 3.64. The highest BCUT2D eigenvalue weighted by Gasteiger charge is 2.32. The normalized spacial score (nSPS) is 14.9. The Labute approximate surface area is 124 Å². The van der Waals surface area contributed by atoms with Crippen molar-refractivity contribution in [3.8, 4) is 0 Å². The maximum atomic E-state index is 12.6. The fourth-order valence-electron chi connectivity index (χ4n) is 2.31. The number of rotatable bonds is 4. The summed E-state index contributed by atoms with van der Waals surface area (Å²) in [6, 6.07) is 5.50. The van der Waals surface area contributed by atoms with Gasteiger partial charge in [-0.15, -0.1) is 0 Å². The largest absolute Gasteiger partial charge is 0.433 e. The molecule has 2 N–H and O–H groups in total. The van der Waals surface area contributed by atoms with Crippen LogP contribution in [0, 0.1) is 0 Å². The average molecular weight is 309 g/mol. The van der Waals surface area contributed by atoms with Gasteiger partial charge in [0.2, 0.25) is 0 Å². The molecule has 0 radical (unpaired) electrons. The molecule has 3 rings (SSSR count). The maximum Gasteiger partial charge on any atom is 0.433 e. The number of aromatic nitrogens is 2. The van der Waals surface area contributed by atoms with Gasteiger partial charge in [-0.05, 0) is 42.5 Å². The van der Waals surface area contributed by atoms with Crippen molar-refractivity contribution in [1.29, 1.82) is 0 Å². The molecule has 0 bridgehead atoms. The van der Waals surface area contributed by atoms with Crippen molar-refractivity contribution in [3.05, 3.63) is 53.1 Å². The van der Waals surface area contributed by atoms with E-state index in [1.807, 2.05) is 6.07 Å². The lowest BCUT2D eigenvalue weighted by atomic mass is 10.1. The summed E-state index contributed by atoms with van der Waals surface area (Å²) in [4.78, 5) is 18.5. The van der Waals surface area contributed by atoms with Crippen LogP contribution >= 0.6 is 0 Å². The van der Waals surface area contributed by atoms with Crippen molar-refractivity contribution in [2.75, 3.05) is 0 Å². The third-order valence-electron chi connectivity index (χ3n) is 3.55. The smallest absolute Gasteiger partial charge is 0.357 e. The third kappa shape index (κ3) is 3.13. The second-order valence-electron chi connectivity index (χ2n) is 5.28. The lowest BCUT2D eigenvalue weighted by Crippen LogP contribution is -2.25. The van der Waals surface area contributed by atoms with Gasteiger partial charge in [0, 0.05) is 6.20 Å². The van der Waals surface area contributed by atoms with Crippen LogP contribution in [0.5, 0.6) is 0 Å². The summed E-state index contributed by atoms with van der Waals surface area (Å²) in [5.41, 5.74) is 0.657. The molecule has 0 aliphatic heterocycles. The van der Waals surface area contributed by atoms with Gasteiger partial charge in [-0.3, -0.25) is 4.79 Å². The van der Waals surface area contributed by atoms with E-state index in [4.69, 9.17) is 0 Å². The van der Waals surface area contributed by atoms with E-state index in [1.165, 1.54) is 12.1 Å². The van der Waals surface area contributed by atoms with Crippen LogP contribution in [0.4, 0.5) is 13.2 Å². The zero-order valence-electron chi connectivity index (χ0n) is 11.6. The summed E-state index contributed by atoms with van der Waals surface area (Å²) in [5, 5.41) is 2.60. The number of aromatic amines is 1. The molecule has 1 saturated carbocycles. The first kappa shape index (κ1) is 14.6. The Morgan fingerprint density at radius 3 is 2.77 bits per heavy atom. The van der Waals surface area contributed by atoms with E-state index in [1.54, 1.807) is 6.20 Å². The van der Waals surface area contributed by atoms with E-state index < -0.39 is 11.9 Å².